The first-order valence-electron chi connectivity index (χ1n) is 18.0. The second-order valence-electron chi connectivity index (χ2n) is 13.7. The minimum Gasteiger partial charge on any atom is -0.456 e. The second kappa shape index (κ2) is 12.6. The number of nitrogens with zero attached hydrogens (tertiary/aromatic N) is 1. The molecule has 1 atom stereocenters. The van der Waals surface area contributed by atoms with E-state index < -0.39 is 0 Å². The lowest BCUT2D eigenvalue weighted by molar-refractivity contribution is 0.592. The van der Waals surface area contributed by atoms with E-state index in [1.807, 2.05) is 6.07 Å². The summed E-state index contributed by atoms with van der Waals surface area (Å²) in [6.45, 7) is 0. The second-order valence-corrected chi connectivity index (χ2v) is 13.7. The molecule has 2 nitrogen and oxygen atoms in total. The maximum atomic E-state index is 6.24. The molecular formula is C50H35NO. The van der Waals surface area contributed by atoms with E-state index in [2.05, 4.69) is 193 Å². The van der Waals surface area contributed by atoms with Gasteiger partial charge in [0.15, 0.2) is 0 Å². The maximum Gasteiger partial charge on any atom is 0.135 e. The Bertz CT molecular complexity index is 2750. The van der Waals surface area contributed by atoms with Crippen molar-refractivity contribution in [3.05, 3.63) is 205 Å². The molecule has 52 heavy (non-hydrogen) atoms. The number of para-hydroxylation sites is 2. The number of fused-ring (bicyclic) bond motifs is 6. The van der Waals surface area contributed by atoms with Crippen LogP contribution in [0, 0.1) is 0 Å². The van der Waals surface area contributed by atoms with Gasteiger partial charge in [-0.3, -0.25) is 0 Å². The van der Waals surface area contributed by atoms with Crippen LogP contribution in [0.4, 0.5) is 17.1 Å². The fraction of sp³-hybridized carbons (Fsp3) is 0.0400. The van der Waals surface area contributed by atoms with Crippen molar-refractivity contribution in [2.75, 3.05) is 4.90 Å². The first kappa shape index (κ1) is 30.2. The molecule has 1 unspecified atom stereocenters. The van der Waals surface area contributed by atoms with Gasteiger partial charge < -0.3 is 9.32 Å². The first-order chi connectivity index (χ1) is 25.8. The molecule has 0 saturated heterocycles. The summed E-state index contributed by atoms with van der Waals surface area (Å²) in [6, 6.07) is 65.7. The Morgan fingerprint density at radius 1 is 0.462 bits per heavy atom. The molecule has 0 fully saturated rings. The molecule has 0 aliphatic heterocycles. The highest BCUT2D eigenvalue weighted by molar-refractivity contribution is 6.12. The Kier molecular flexibility index (Phi) is 7.32. The predicted molar refractivity (Wildman–Crippen MR) is 219 cm³/mol. The van der Waals surface area contributed by atoms with Gasteiger partial charge in [0, 0.05) is 33.9 Å². The van der Waals surface area contributed by atoms with E-state index in [9.17, 15) is 0 Å². The lowest BCUT2D eigenvalue weighted by Gasteiger charge is -2.30. The Balaban J connectivity index is 1.08. The van der Waals surface area contributed by atoms with Gasteiger partial charge in [-0.05, 0) is 98.3 Å². The molecule has 0 saturated carbocycles. The maximum absolute atomic E-state index is 6.24. The highest BCUT2D eigenvalue weighted by Gasteiger charge is 2.25. The average molecular weight is 666 g/mol. The highest BCUT2D eigenvalue weighted by Crippen LogP contribution is 2.44. The zero-order valence-corrected chi connectivity index (χ0v) is 28.6. The molecule has 0 amide bonds. The number of benzene rings is 8. The van der Waals surface area contributed by atoms with Gasteiger partial charge in [-0.25, -0.2) is 0 Å². The quantitative estimate of drug-likeness (QED) is 0.164. The largest absolute Gasteiger partial charge is 0.456 e. The molecule has 0 spiro atoms. The van der Waals surface area contributed by atoms with Gasteiger partial charge in [-0.15, -0.1) is 0 Å². The topological polar surface area (TPSA) is 16.4 Å². The van der Waals surface area contributed by atoms with Crippen LogP contribution in [0.3, 0.4) is 0 Å². The summed E-state index contributed by atoms with van der Waals surface area (Å²) in [5.41, 5.74) is 11.8. The van der Waals surface area contributed by atoms with E-state index in [4.69, 9.17) is 4.42 Å². The number of allylic oxidation sites excluding steroid dienone is 1. The van der Waals surface area contributed by atoms with Crippen molar-refractivity contribution in [3.8, 4) is 22.3 Å². The van der Waals surface area contributed by atoms with E-state index >= 15 is 0 Å². The molecule has 0 bridgehead atoms. The molecule has 1 aliphatic carbocycles. The lowest BCUT2D eigenvalue weighted by atomic mass is 9.85. The summed E-state index contributed by atoms with van der Waals surface area (Å²) in [6.07, 6.45) is 5.37. The smallest absolute Gasteiger partial charge is 0.135 e. The summed E-state index contributed by atoms with van der Waals surface area (Å²) >= 11 is 0. The Labute approximate surface area is 303 Å². The van der Waals surface area contributed by atoms with Crippen molar-refractivity contribution in [2.45, 2.75) is 12.3 Å². The molecule has 1 heterocycles. The van der Waals surface area contributed by atoms with Crippen molar-refractivity contribution < 1.29 is 4.42 Å². The van der Waals surface area contributed by atoms with Crippen molar-refractivity contribution in [1.82, 2.24) is 0 Å². The Morgan fingerprint density at radius 3 is 1.94 bits per heavy atom. The third-order valence-electron chi connectivity index (χ3n) is 10.7. The Morgan fingerprint density at radius 2 is 1.12 bits per heavy atom. The van der Waals surface area contributed by atoms with Crippen LogP contribution in [-0.2, 0) is 6.42 Å². The zero-order valence-electron chi connectivity index (χ0n) is 28.6. The zero-order chi connectivity index (χ0) is 34.4. The molecule has 10 rings (SSSR count). The minimum atomic E-state index is 0.195. The lowest BCUT2D eigenvalue weighted by Crippen LogP contribution is -2.15. The van der Waals surface area contributed by atoms with Crippen molar-refractivity contribution in [3.63, 3.8) is 0 Å². The van der Waals surface area contributed by atoms with Gasteiger partial charge in [0.25, 0.3) is 0 Å². The molecule has 0 N–H and O–H groups in total. The number of anilines is 3. The van der Waals surface area contributed by atoms with Crippen molar-refractivity contribution >= 4 is 55.7 Å². The SMILES string of the molecule is C1=CC(c2ccccc2N(c2ccc(-c3ccccc3)cc2)c2ccc(-c3cccc4c3ccc3ccccc34)cc2)Cc2c1oc1ccccc21. The fourth-order valence-electron chi connectivity index (χ4n) is 8.12. The predicted octanol–water partition coefficient (Wildman–Crippen LogP) is 13.9. The number of furan rings is 1. The third kappa shape index (κ3) is 5.20. The van der Waals surface area contributed by atoms with Crippen LogP contribution in [0.25, 0.3) is 60.8 Å². The average Bonchev–Trinajstić information content (AvgIpc) is 3.60. The van der Waals surface area contributed by atoms with Crippen LogP contribution >= 0.6 is 0 Å². The van der Waals surface area contributed by atoms with Gasteiger partial charge in [0.1, 0.15) is 11.3 Å². The van der Waals surface area contributed by atoms with Crippen LogP contribution in [0.2, 0.25) is 0 Å². The number of rotatable bonds is 6. The normalized spacial score (nSPS) is 13.8. The fourth-order valence-corrected chi connectivity index (χ4v) is 8.12. The molecule has 246 valence electrons. The van der Waals surface area contributed by atoms with Gasteiger partial charge >= 0.3 is 0 Å². The summed E-state index contributed by atoms with van der Waals surface area (Å²) in [5.74, 6) is 1.17. The summed E-state index contributed by atoms with van der Waals surface area (Å²) in [5, 5.41) is 6.30. The minimum absolute atomic E-state index is 0.195. The van der Waals surface area contributed by atoms with E-state index in [0.29, 0.717) is 0 Å². The van der Waals surface area contributed by atoms with Crippen LogP contribution in [0.1, 0.15) is 22.8 Å². The molecule has 1 aromatic heterocycles. The van der Waals surface area contributed by atoms with Crippen LogP contribution in [0.15, 0.2) is 192 Å². The number of hydrogen-bond donors (Lipinski definition) is 0. The molecular weight excluding hydrogens is 631 g/mol. The molecule has 1 aliphatic rings. The molecule has 9 aromatic rings. The first-order valence-corrected chi connectivity index (χ1v) is 18.0. The van der Waals surface area contributed by atoms with Crippen LogP contribution in [0.5, 0.6) is 0 Å². The standard InChI is InChI=1S/C50H35NO/c1-2-11-34(12-3-1)35-21-27-39(28-22-35)51(48-19-8-6-15-43(48)38-26-32-50-47(33-38)46-16-7-9-20-49(46)52-50)40-29-23-37(24-30-40)42-17-10-18-44-41-14-5-4-13-36(41)25-31-45(42)44/h1-32,38H,33H2. The Hall–Kier alpha value is -6.64. The van der Waals surface area contributed by atoms with Crippen LogP contribution < -0.4 is 4.90 Å². The molecule has 0 radical (unpaired) electrons. The summed E-state index contributed by atoms with van der Waals surface area (Å²) < 4.78 is 6.24. The monoisotopic (exact) mass is 665 g/mol. The van der Waals surface area contributed by atoms with Crippen molar-refractivity contribution in [2.24, 2.45) is 0 Å². The van der Waals surface area contributed by atoms with Gasteiger partial charge in [-0.2, -0.15) is 0 Å². The van der Waals surface area contributed by atoms with E-state index in [0.717, 1.165) is 29.1 Å². The number of hydrogen-bond acceptors (Lipinski definition) is 2. The summed E-state index contributed by atoms with van der Waals surface area (Å²) in [7, 11) is 0. The molecule has 2 heteroatoms. The van der Waals surface area contributed by atoms with Crippen LogP contribution in [-0.4, -0.2) is 0 Å². The van der Waals surface area contributed by atoms with E-state index in [1.165, 1.54) is 66.0 Å². The highest BCUT2D eigenvalue weighted by atomic mass is 16.3. The van der Waals surface area contributed by atoms with Gasteiger partial charge in [0.05, 0.1) is 0 Å². The summed E-state index contributed by atoms with van der Waals surface area (Å²) in [4.78, 5) is 2.42. The van der Waals surface area contributed by atoms with E-state index in [-0.39, 0.29) is 5.92 Å². The van der Waals surface area contributed by atoms with Crippen molar-refractivity contribution in [1.29, 1.82) is 0 Å². The van der Waals surface area contributed by atoms with E-state index in [1.54, 1.807) is 0 Å². The molecule has 8 aromatic carbocycles. The van der Waals surface area contributed by atoms with Gasteiger partial charge in [-0.1, -0.05) is 152 Å². The third-order valence-corrected chi connectivity index (χ3v) is 10.7. The van der Waals surface area contributed by atoms with Gasteiger partial charge in [0.2, 0.25) is 0 Å².